The Labute approximate surface area is 59.6 Å². The van der Waals surface area contributed by atoms with Crippen LogP contribution in [0.5, 0.6) is 0 Å². The molecule has 56 valence electrons. The molecular weight excluding hydrogens is 132 g/mol. The van der Waals surface area contributed by atoms with E-state index in [9.17, 15) is 4.79 Å². The van der Waals surface area contributed by atoms with Gasteiger partial charge in [0.1, 0.15) is 0 Å². The zero-order chi connectivity index (χ0) is 7.56. The van der Waals surface area contributed by atoms with E-state index in [-0.39, 0.29) is 12.4 Å². The monoisotopic (exact) mass is 142 g/mol. The summed E-state index contributed by atoms with van der Waals surface area (Å²) in [5.41, 5.74) is 0.599. The van der Waals surface area contributed by atoms with Crippen LogP contribution in [-0.4, -0.2) is 19.0 Å². The van der Waals surface area contributed by atoms with Crippen LogP contribution in [0, 0.1) is 0 Å². The molecule has 3 heteroatoms. The predicted octanol–water partition coefficient (Wildman–Crippen LogP) is 0.854. The summed E-state index contributed by atoms with van der Waals surface area (Å²) >= 11 is 0. The maximum Gasteiger partial charge on any atom is 0.286 e. The molecule has 0 N–H and O–H groups in total. The molecule has 0 amide bonds. The first-order valence-electron chi connectivity index (χ1n) is 3.25. The molecule has 0 spiro atoms. The summed E-state index contributed by atoms with van der Waals surface area (Å²) in [6.07, 6.45) is 0. The van der Waals surface area contributed by atoms with Gasteiger partial charge in [0.15, 0.2) is 6.61 Å². The number of carbonyl (C=O) groups excluding carboxylic acids is 1. The maximum absolute atomic E-state index is 10.8. The predicted molar refractivity (Wildman–Crippen MR) is 35.3 cm³/mol. The molecule has 0 aromatic carbocycles. The van der Waals surface area contributed by atoms with Gasteiger partial charge in [-0.05, 0) is 13.8 Å². The van der Waals surface area contributed by atoms with E-state index < -0.39 is 0 Å². The zero-order valence-electron chi connectivity index (χ0n) is 6.14. The lowest BCUT2D eigenvalue weighted by Crippen LogP contribution is -1.97. The van der Waals surface area contributed by atoms with Gasteiger partial charge in [0, 0.05) is 0 Å². The summed E-state index contributed by atoms with van der Waals surface area (Å²) in [5.74, 6) is 0.413. The quantitative estimate of drug-likeness (QED) is 0.573. The molecule has 0 saturated heterocycles. The van der Waals surface area contributed by atoms with Crippen LogP contribution in [-0.2, 0) is 14.3 Å². The lowest BCUT2D eigenvalue weighted by atomic mass is 10.2. The topological polar surface area (TPSA) is 35.5 Å². The number of ether oxygens (including phenoxy) is 2. The molecule has 0 atom stereocenters. The van der Waals surface area contributed by atoms with E-state index in [1.165, 1.54) is 0 Å². The van der Waals surface area contributed by atoms with Crippen molar-refractivity contribution in [3.8, 4) is 0 Å². The molecule has 0 aromatic rings. The molecule has 10 heavy (non-hydrogen) atoms. The summed E-state index contributed by atoms with van der Waals surface area (Å²) in [6, 6.07) is 0. The normalized spacial score (nSPS) is 17.6. The molecular formula is C7H10O3. The molecule has 0 unspecified atom stereocenters. The summed E-state index contributed by atoms with van der Waals surface area (Å²) in [5, 5.41) is 0. The second-order valence-electron chi connectivity index (χ2n) is 2.06. The van der Waals surface area contributed by atoms with Crippen molar-refractivity contribution in [1.29, 1.82) is 0 Å². The van der Waals surface area contributed by atoms with E-state index in [1.54, 1.807) is 6.92 Å². The largest absolute Gasteiger partial charge is 0.465 e. The van der Waals surface area contributed by atoms with Crippen LogP contribution in [0.25, 0.3) is 0 Å². The molecule has 0 bridgehead atoms. The second kappa shape index (κ2) is 2.73. The Balaban J connectivity index is 2.65. The summed E-state index contributed by atoms with van der Waals surface area (Å²) in [7, 11) is 0. The standard InChI is InChI=1S/C7H10O3/c1-3-9-7-5(2)6(8)4-10-7/h3-4H2,1-2H3. The van der Waals surface area contributed by atoms with Gasteiger partial charge >= 0.3 is 0 Å². The number of carbonyl (C=O) groups is 1. The van der Waals surface area contributed by atoms with Gasteiger partial charge < -0.3 is 9.47 Å². The molecule has 0 aliphatic carbocycles. The highest BCUT2D eigenvalue weighted by Crippen LogP contribution is 2.15. The van der Waals surface area contributed by atoms with Crippen molar-refractivity contribution in [3.05, 3.63) is 11.5 Å². The number of hydrogen-bond acceptors (Lipinski definition) is 3. The third kappa shape index (κ3) is 1.12. The van der Waals surface area contributed by atoms with Gasteiger partial charge in [-0.2, -0.15) is 0 Å². The Morgan fingerprint density at radius 1 is 1.70 bits per heavy atom. The average molecular weight is 142 g/mol. The third-order valence-electron chi connectivity index (χ3n) is 1.33. The zero-order valence-corrected chi connectivity index (χ0v) is 6.14. The van der Waals surface area contributed by atoms with E-state index in [0.717, 1.165) is 0 Å². The van der Waals surface area contributed by atoms with Gasteiger partial charge in [0.2, 0.25) is 5.78 Å². The summed E-state index contributed by atoms with van der Waals surface area (Å²) in [6.45, 7) is 4.24. The molecule has 0 aromatic heterocycles. The van der Waals surface area contributed by atoms with Crippen LogP contribution in [0.3, 0.4) is 0 Å². The summed E-state index contributed by atoms with van der Waals surface area (Å²) in [4.78, 5) is 10.8. The number of hydrogen-bond donors (Lipinski definition) is 0. The fourth-order valence-electron chi connectivity index (χ4n) is 0.742. The van der Waals surface area contributed by atoms with Crippen molar-refractivity contribution in [2.45, 2.75) is 13.8 Å². The van der Waals surface area contributed by atoms with E-state index in [2.05, 4.69) is 0 Å². The first-order valence-corrected chi connectivity index (χ1v) is 3.25. The van der Waals surface area contributed by atoms with Gasteiger partial charge in [0.05, 0.1) is 12.2 Å². The number of ketones is 1. The van der Waals surface area contributed by atoms with Gasteiger partial charge in [0.25, 0.3) is 5.95 Å². The minimum absolute atomic E-state index is 0.0171. The van der Waals surface area contributed by atoms with Crippen molar-refractivity contribution in [1.82, 2.24) is 0 Å². The summed E-state index contributed by atoms with van der Waals surface area (Å²) < 4.78 is 9.95. The van der Waals surface area contributed by atoms with Crippen molar-refractivity contribution in [2.75, 3.05) is 13.2 Å². The molecule has 3 nitrogen and oxygen atoms in total. The van der Waals surface area contributed by atoms with Crippen molar-refractivity contribution < 1.29 is 14.3 Å². The Kier molecular flexibility index (Phi) is 1.94. The van der Waals surface area contributed by atoms with Crippen molar-refractivity contribution in [2.24, 2.45) is 0 Å². The first-order chi connectivity index (χ1) is 4.75. The molecule has 0 radical (unpaired) electrons. The van der Waals surface area contributed by atoms with Crippen LogP contribution >= 0.6 is 0 Å². The third-order valence-corrected chi connectivity index (χ3v) is 1.33. The molecule has 1 aliphatic rings. The minimum atomic E-state index is 0.0171. The Bertz CT molecular complexity index is 181. The lowest BCUT2D eigenvalue weighted by molar-refractivity contribution is -0.116. The minimum Gasteiger partial charge on any atom is -0.465 e. The van der Waals surface area contributed by atoms with E-state index in [4.69, 9.17) is 9.47 Å². The molecule has 0 fully saturated rings. The van der Waals surface area contributed by atoms with Gasteiger partial charge in [-0.3, -0.25) is 4.79 Å². The highest BCUT2D eigenvalue weighted by molar-refractivity contribution is 5.97. The smallest absolute Gasteiger partial charge is 0.286 e. The van der Waals surface area contributed by atoms with Crippen molar-refractivity contribution in [3.63, 3.8) is 0 Å². The molecule has 1 rings (SSSR count). The Hall–Kier alpha value is -0.990. The Morgan fingerprint density at radius 2 is 2.40 bits per heavy atom. The number of rotatable bonds is 2. The lowest BCUT2D eigenvalue weighted by Gasteiger charge is -2.02. The molecule has 1 heterocycles. The highest BCUT2D eigenvalue weighted by atomic mass is 16.7. The maximum atomic E-state index is 10.8. The van der Waals surface area contributed by atoms with Crippen LogP contribution in [0.15, 0.2) is 11.5 Å². The van der Waals surface area contributed by atoms with Gasteiger partial charge in [-0.25, -0.2) is 0 Å². The average Bonchev–Trinajstić information content (AvgIpc) is 2.20. The van der Waals surface area contributed by atoms with E-state index in [1.807, 2.05) is 6.92 Å². The molecule has 1 aliphatic heterocycles. The fraction of sp³-hybridized carbons (Fsp3) is 0.571. The van der Waals surface area contributed by atoms with Gasteiger partial charge in [-0.1, -0.05) is 0 Å². The highest BCUT2D eigenvalue weighted by Gasteiger charge is 2.21. The molecule has 0 saturated carbocycles. The fourth-order valence-corrected chi connectivity index (χ4v) is 0.742. The number of Topliss-reactive ketones (excluding diaryl/α,β-unsaturated/α-hetero) is 1. The van der Waals surface area contributed by atoms with Crippen LogP contribution in [0.4, 0.5) is 0 Å². The second-order valence-corrected chi connectivity index (χ2v) is 2.06. The Morgan fingerprint density at radius 3 is 2.80 bits per heavy atom. The van der Waals surface area contributed by atoms with E-state index in [0.29, 0.717) is 18.1 Å². The van der Waals surface area contributed by atoms with E-state index >= 15 is 0 Å². The van der Waals surface area contributed by atoms with Crippen LogP contribution in [0.1, 0.15) is 13.8 Å². The van der Waals surface area contributed by atoms with Crippen LogP contribution in [0.2, 0.25) is 0 Å². The van der Waals surface area contributed by atoms with Gasteiger partial charge in [-0.15, -0.1) is 0 Å². The van der Waals surface area contributed by atoms with Crippen LogP contribution < -0.4 is 0 Å². The SMILES string of the molecule is CCOC1=C(C)C(=O)CO1. The van der Waals surface area contributed by atoms with Crippen molar-refractivity contribution >= 4 is 5.78 Å². The first kappa shape index (κ1) is 7.12.